The van der Waals surface area contributed by atoms with Crippen LogP contribution < -0.4 is 0 Å². The van der Waals surface area contributed by atoms with E-state index in [0.29, 0.717) is 19.4 Å². The van der Waals surface area contributed by atoms with E-state index in [1.165, 1.54) is 18.2 Å². The van der Waals surface area contributed by atoms with Gasteiger partial charge in [0.1, 0.15) is 22.4 Å². The van der Waals surface area contributed by atoms with Crippen molar-refractivity contribution < 1.29 is 9.90 Å². The fourth-order valence-electron chi connectivity index (χ4n) is 1.98. The van der Waals surface area contributed by atoms with Crippen LogP contribution in [0.2, 0.25) is 10.2 Å². The van der Waals surface area contributed by atoms with Crippen molar-refractivity contribution in [2.24, 2.45) is 0 Å². The SMILES string of the molecule is CCCCc1nc(/C=C/C(=O)c2cc(Cl)cc(I)c2O)c(Cl)[nH]1. The van der Waals surface area contributed by atoms with Gasteiger partial charge in [0.15, 0.2) is 5.78 Å². The molecule has 1 heterocycles. The molecule has 0 radical (unpaired) electrons. The lowest BCUT2D eigenvalue weighted by Crippen LogP contribution is -1.96. The van der Waals surface area contributed by atoms with Gasteiger partial charge in [-0.25, -0.2) is 4.98 Å². The molecule has 1 aromatic carbocycles. The molecule has 4 nitrogen and oxygen atoms in total. The molecule has 0 atom stereocenters. The summed E-state index contributed by atoms with van der Waals surface area (Å²) in [6, 6.07) is 3.02. The van der Waals surface area contributed by atoms with Crippen LogP contribution in [0, 0.1) is 3.57 Å². The van der Waals surface area contributed by atoms with Crippen LogP contribution in [-0.2, 0) is 6.42 Å². The lowest BCUT2D eigenvalue weighted by atomic mass is 10.1. The summed E-state index contributed by atoms with van der Waals surface area (Å²) in [6.45, 7) is 2.10. The summed E-state index contributed by atoms with van der Waals surface area (Å²) in [5.74, 6) is 0.350. The number of phenols is 1. The number of carbonyl (C=O) groups excluding carboxylic acids is 1. The second-order valence-electron chi connectivity index (χ2n) is 4.97. The number of rotatable bonds is 6. The summed E-state index contributed by atoms with van der Waals surface area (Å²) in [7, 11) is 0. The molecule has 0 unspecified atom stereocenters. The van der Waals surface area contributed by atoms with Gasteiger partial charge in [0, 0.05) is 11.4 Å². The molecule has 7 heteroatoms. The first-order valence-electron chi connectivity index (χ1n) is 7.07. The molecule has 0 aliphatic carbocycles. The van der Waals surface area contributed by atoms with E-state index in [2.05, 4.69) is 16.9 Å². The van der Waals surface area contributed by atoms with Gasteiger partial charge >= 0.3 is 0 Å². The summed E-state index contributed by atoms with van der Waals surface area (Å²) < 4.78 is 0.520. The maximum Gasteiger partial charge on any atom is 0.189 e. The molecule has 0 bridgehead atoms. The third-order valence-electron chi connectivity index (χ3n) is 3.19. The molecule has 0 aliphatic heterocycles. The standard InChI is InChI=1S/C16H15Cl2IN2O2/c1-2-3-4-14-20-12(16(18)21-14)5-6-13(22)10-7-9(17)8-11(19)15(10)23/h5-8,23H,2-4H2,1H3,(H,20,21)/b6-5+. The number of nitrogens with one attached hydrogen (secondary N) is 1. The van der Waals surface area contributed by atoms with E-state index in [9.17, 15) is 9.90 Å². The first kappa shape index (κ1) is 18.3. The van der Waals surface area contributed by atoms with E-state index >= 15 is 0 Å². The van der Waals surface area contributed by atoms with Crippen molar-refractivity contribution >= 4 is 57.7 Å². The first-order valence-corrected chi connectivity index (χ1v) is 8.90. The fraction of sp³-hybridized carbons (Fsp3) is 0.250. The van der Waals surface area contributed by atoms with Crippen LogP contribution in [-0.4, -0.2) is 20.9 Å². The van der Waals surface area contributed by atoms with Gasteiger partial charge in [-0.1, -0.05) is 36.5 Å². The average molecular weight is 465 g/mol. The lowest BCUT2D eigenvalue weighted by Gasteiger charge is -2.03. The minimum atomic E-state index is -0.364. The van der Waals surface area contributed by atoms with Gasteiger partial charge in [0.2, 0.25) is 0 Å². The Labute approximate surface area is 158 Å². The molecule has 2 rings (SSSR count). The highest BCUT2D eigenvalue weighted by atomic mass is 127. The van der Waals surface area contributed by atoms with Gasteiger partial charge < -0.3 is 10.1 Å². The van der Waals surface area contributed by atoms with Crippen LogP contribution in [0.15, 0.2) is 18.2 Å². The summed E-state index contributed by atoms with van der Waals surface area (Å²) in [5, 5.41) is 10.8. The number of benzene rings is 1. The molecular weight excluding hydrogens is 450 g/mol. The predicted octanol–water partition coefficient (Wildman–Crippen LogP) is 5.27. The molecule has 0 aliphatic rings. The number of hydrogen-bond donors (Lipinski definition) is 2. The van der Waals surface area contributed by atoms with Gasteiger partial charge in [-0.15, -0.1) is 0 Å². The van der Waals surface area contributed by atoms with E-state index < -0.39 is 0 Å². The second kappa shape index (κ2) is 8.17. The van der Waals surface area contributed by atoms with Crippen molar-refractivity contribution in [3.05, 3.63) is 49.0 Å². The third-order valence-corrected chi connectivity index (χ3v) is 4.52. The minimum absolute atomic E-state index is 0.0820. The van der Waals surface area contributed by atoms with E-state index in [1.54, 1.807) is 6.07 Å². The number of aryl methyl sites for hydroxylation is 1. The Morgan fingerprint density at radius 2 is 2.17 bits per heavy atom. The van der Waals surface area contributed by atoms with Crippen LogP contribution in [0.3, 0.4) is 0 Å². The largest absolute Gasteiger partial charge is 0.506 e. The van der Waals surface area contributed by atoms with Crippen molar-refractivity contribution in [3.63, 3.8) is 0 Å². The summed E-state index contributed by atoms with van der Waals surface area (Å²) in [6.07, 6.45) is 5.75. The maximum atomic E-state index is 12.2. The molecule has 2 N–H and O–H groups in total. The van der Waals surface area contributed by atoms with Gasteiger partial charge in [-0.05, 0) is 53.3 Å². The summed E-state index contributed by atoms with van der Waals surface area (Å²) in [4.78, 5) is 19.6. The number of aromatic nitrogens is 2. The Hall–Kier alpha value is -1.05. The van der Waals surface area contributed by atoms with E-state index in [0.717, 1.165) is 25.1 Å². The Balaban J connectivity index is 2.20. The number of carbonyl (C=O) groups is 1. The number of allylic oxidation sites excluding steroid dienone is 1. The Morgan fingerprint density at radius 1 is 1.43 bits per heavy atom. The molecule has 122 valence electrons. The Morgan fingerprint density at radius 3 is 2.87 bits per heavy atom. The van der Waals surface area contributed by atoms with Gasteiger partial charge in [-0.2, -0.15) is 0 Å². The molecule has 0 saturated heterocycles. The fourth-order valence-corrected chi connectivity index (χ4v) is 3.23. The number of halogens is 3. The highest BCUT2D eigenvalue weighted by Crippen LogP contribution is 2.29. The molecule has 23 heavy (non-hydrogen) atoms. The van der Waals surface area contributed by atoms with Crippen molar-refractivity contribution in [1.82, 2.24) is 9.97 Å². The third kappa shape index (κ3) is 4.71. The van der Waals surface area contributed by atoms with E-state index in [1.807, 2.05) is 22.6 Å². The zero-order chi connectivity index (χ0) is 17.0. The molecule has 0 fully saturated rings. The zero-order valence-electron chi connectivity index (χ0n) is 12.4. The maximum absolute atomic E-state index is 12.2. The smallest absolute Gasteiger partial charge is 0.189 e. The number of aromatic amines is 1. The number of imidazole rings is 1. The lowest BCUT2D eigenvalue weighted by molar-refractivity contribution is 0.104. The molecule has 2 aromatic rings. The quantitative estimate of drug-likeness (QED) is 0.348. The monoisotopic (exact) mass is 464 g/mol. The highest BCUT2D eigenvalue weighted by molar-refractivity contribution is 14.1. The van der Waals surface area contributed by atoms with Crippen LogP contribution in [0.1, 0.15) is 41.6 Å². The number of unbranched alkanes of at least 4 members (excludes halogenated alkanes) is 1. The molecule has 0 spiro atoms. The van der Waals surface area contributed by atoms with Crippen molar-refractivity contribution in [1.29, 1.82) is 0 Å². The predicted molar refractivity (Wildman–Crippen MR) is 101 cm³/mol. The van der Waals surface area contributed by atoms with Gasteiger partial charge in [0.25, 0.3) is 0 Å². The van der Waals surface area contributed by atoms with Crippen LogP contribution in [0.5, 0.6) is 5.75 Å². The molecule has 0 amide bonds. The van der Waals surface area contributed by atoms with Gasteiger partial charge in [-0.3, -0.25) is 4.79 Å². The molecule has 1 aromatic heterocycles. The van der Waals surface area contributed by atoms with Crippen molar-refractivity contribution in [3.8, 4) is 5.75 Å². The zero-order valence-corrected chi connectivity index (χ0v) is 16.0. The number of H-pyrrole nitrogens is 1. The number of ketones is 1. The van der Waals surface area contributed by atoms with Crippen LogP contribution in [0.4, 0.5) is 0 Å². The van der Waals surface area contributed by atoms with E-state index in [4.69, 9.17) is 23.2 Å². The average Bonchev–Trinajstić information content (AvgIpc) is 2.86. The van der Waals surface area contributed by atoms with Crippen LogP contribution >= 0.6 is 45.8 Å². The minimum Gasteiger partial charge on any atom is -0.506 e. The normalized spacial score (nSPS) is 11.3. The number of aromatic hydroxyl groups is 1. The summed E-state index contributed by atoms with van der Waals surface area (Å²) >= 11 is 13.9. The highest BCUT2D eigenvalue weighted by Gasteiger charge is 2.13. The molecular formula is C16H15Cl2IN2O2. The van der Waals surface area contributed by atoms with Crippen molar-refractivity contribution in [2.75, 3.05) is 0 Å². The Kier molecular flexibility index (Phi) is 6.50. The Bertz CT molecular complexity index is 757. The second-order valence-corrected chi connectivity index (χ2v) is 6.94. The number of hydrogen-bond acceptors (Lipinski definition) is 3. The van der Waals surface area contributed by atoms with Crippen molar-refractivity contribution in [2.45, 2.75) is 26.2 Å². The number of phenolic OH excluding ortho intramolecular Hbond substituents is 1. The molecule has 0 saturated carbocycles. The first-order chi connectivity index (χ1) is 10.9. The topological polar surface area (TPSA) is 66.0 Å². The van der Waals surface area contributed by atoms with Gasteiger partial charge in [0.05, 0.1) is 9.13 Å². The van der Waals surface area contributed by atoms with E-state index in [-0.39, 0.29) is 17.1 Å². The van der Waals surface area contributed by atoms with Crippen LogP contribution in [0.25, 0.3) is 6.08 Å². The summed E-state index contributed by atoms with van der Waals surface area (Å²) in [5.41, 5.74) is 0.651. The number of nitrogens with zero attached hydrogens (tertiary/aromatic N) is 1.